The van der Waals surface area contributed by atoms with Crippen molar-refractivity contribution in [3.8, 4) is 6.07 Å². The van der Waals surface area contributed by atoms with Gasteiger partial charge in [0.05, 0.1) is 5.56 Å². The number of nitrogens with zero attached hydrogens (tertiary/aromatic N) is 2. The zero-order valence-electron chi connectivity index (χ0n) is 10.1. The second-order valence-electron chi connectivity index (χ2n) is 4.07. The molecule has 0 aliphatic rings. The fraction of sp³-hybridized carbons (Fsp3) is 0.143. The number of nitriles is 1. The maximum Gasteiger partial charge on any atom is 0.101 e. The van der Waals surface area contributed by atoms with E-state index in [1.54, 1.807) is 18.3 Å². The van der Waals surface area contributed by atoms with E-state index in [4.69, 9.17) is 11.0 Å². The van der Waals surface area contributed by atoms with E-state index in [-0.39, 0.29) is 0 Å². The van der Waals surface area contributed by atoms with Gasteiger partial charge in [-0.1, -0.05) is 0 Å². The van der Waals surface area contributed by atoms with Crippen molar-refractivity contribution in [1.82, 2.24) is 4.98 Å². The summed E-state index contributed by atoms with van der Waals surface area (Å²) in [4.78, 5) is 4.09. The minimum Gasteiger partial charge on any atom is -0.398 e. The number of hydrogen-bond acceptors (Lipinski definition) is 4. The quantitative estimate of drug-likeness (QED) is 0.805. The summed E-state index contributed by atoms with van der Waals surface area (Å²) in [7, 11) is 0. The maximum atomic E-state index is 8.90. The van der Waals surface area contributed by atoms with E-state index >= 15 is 0 Å². The summed E-state index contributed by atoms with van der Waals surface area (Å²) in [5, 5.41) is 12.2. The van der Waals surface area contributed by atoms with Crippen molar-refractivity contribution in [2.45, 2.75) is 13.5 Å². The summed E-state index contributed by atoms with van der Waals surface area (Å²) < 4.78 is 0. The molecule has 2 rings (SSSR count). The van der Waals surface area contributed by atoms with Gasteiger partial charge in [0, 0.05) is 30.3 Å². The average molecular weight is 238 g/mol. The summed E-state index contributed by atoms with van der Waals surface area (Å²) in [6.07, 6.45) is 3.61. The topological polar surface area (TPSA) is 74.7 Å². The molecule has 2 aromatic rings. The highest BCUT2D eigenvalue weighted by molar-refractivity contribution is 5.61. The summed E-state index contributed by atoms with van der Waals surface area (Å²) in [6.45, 7) is 2.72. The van der Waals surface area contributed by atoms with E-state index in [0.29, 0.717) is 17.8 Å². The first kappa shape index (κ1) is 11.9. The van der Waals surface area contributed by atoms with Gasteiger partial charge in [0.15, 0.2) is 0 Å². The standard InChI is InChI=1S/C14H14N4/c1-10-4-5-17-8-12(10)9-18-13-2-3-14(16)11(6-13)7-15/h2-6,8,18H,9,16H2,1H3. The first-order valence-electron chi connectivity index (χ1n) is 5.63. The molecule has 18 heavy (non-hydrogen) atoms. The Kier molecular flexibility index (Phi) is 3.44. The molecular formula is C14H14N4. The van der Waals surface area contributed by atoms with Gasteiger partial charge in [0.1, 0.15) is 6.07 Å². The maximum absolute atomic E-state index is 8.90. The number of nitrogen functional groups attached to an aromatic ring is 1. The highest BCUT2D eigenvalue weighted by atomic mass is 14.9. The second-order valence-corrected chi connectivity index (χ2v) is 4.07. The van der Waals surface area contributed by atoms with Gasteiger partial charge in [0.2, 0.25) is 0 Å². The number of nitrogens with one attached hydrogen (secondary N) is 1. The van der Waals surface area contributed by atoms with E-state index in [2.05, 4.69) is 16.4 Å². The highest BCUT2D eigenvalue weighted by Gasteiger charge is 2.01. The van der Waals surface area contributed by atoms with Crippen molar-refractivity contribution < 1.29 is 0 Å². The van der Waals surface area contributed by atoms with Crippen LogP contribution in [0.5, 0.6) is 0 Å². The Labute approximate surface area is 106 Å². The lowest BCUT2D eigenvalue weighted by Gasteiger charge is -2.09. The minimum absolute atomic E-state index is 0.489. The molecule has 1 heterocycles. The molecule has 3 N–H and O–H groups in total. The largest absolute Gasteiger partial charge is 0.398 e. The third-order valence-electron chi connectivity index (χ3n) is 2.80. The molecule has 0 unspecified atom stereocenters. The molecule has 0 aliphatic carbocycles. The lowest BCUT2D eigenvalue weighted by atomic mass is 10.1. The number of nitrogens with two attached hydrogens (primary N) is 1. The smallest absolute Gasteiger partial charge is 0.101 e. The third-order valence-corrected chi connectivity index (χ3v) is 2.80. The Hall–Kier alpha value is -2.54. The summed E-state index contributed by atoms with van der Waals surface area (Å²) in [5.41, 5.74) is 9.86. The predicted octanol–water partition coefficient (Wildman–Crippen LogP) is 2.46. The van der Waals surface area contributed by atoms with Crippen molar-refractivity contribution in [3.05, 3.63) is 53.3 Å². The second kappa shape index (κ2) is 5.19. The van der Waals surface area contributed by atoms with Crippen LogP contribution in [0.2, 0.25) is 0 Å². The molecule has 1 aromatic heterocycles. The van der Waals surface area contributed by atoms with Gasteiger partial charge in [-0.25, -0.2) is 0 Å². The number of rotatable bonds is 3. The lowest BCUT2D eigenvalue weighted by molar-refractivity contribution is 1.08. The Morgan fingerprint density at radius 3 is 2.94 bits per heavy atom. The van der Waals surface area contributed by atoms with Gasteiger partial charge in [-0.05, 0) is 42.3 Å². The van der Waals surface area contributed by atoms with Crippen molar-refractivity contribution >= 4 is 11.4 Å². The Balaban J connectivity index is 2.12. The van der Waals surface area contributed by atoms with Crippen LogP contribution in [0.15, 0.2) is 36.7 Å². The van der Waals surface area contributed by atoms with E-state index in [0.717, 1.165) is 11.3 Å². The van der Waals surface area contributed by atoms with Crippen molar-refractivity contribution in [1.29, 1.82) is 5.26 Å². The molecule has 0 aliphatic heterocycles. The molecule has 0 amide bonds. The van der Waals surface area contributed by atoms with E-state index in [9.17, 15) is 0 Å². The van der Waals surface area contributed by atoms with Gasteiger partial charge in [-0.2, -0.15) is 5.26 Å². The molecule has 90 valence electrons. The van der Waals surface area contributed by atoms with Crippen LogP contribution >= 0.6 is 0 Å². The van der Waals surface area contributed by atoms with Crippen molar-refractivity contribution in [3.63, 3.8) is 0 Å². The molecule has 0 fully saturated rings. The van der Waals surface area contributed by atoms with Crippen molar-refractivity contribution in [2.75, 3.05) is 11.1 Å². The van der Waals surface area contributed by atoms with E-state index in [1.165, 1.54) is 5.56 Å². The molecular weight excluding hydrogens is 224 g/mol. The van der Waals surface area contributed by atoms with Gasteiger partial charge in [-0.3, -0.25) is 4.98 Å². The molecule has 0 spiro atoms. The van der Waals surface area contributed by atoms with E-state index in [1.807, 2.05) is 25.3 Å². The van der Waals surface area contributed by atoms with Crippen LogP contribution in [0.25, 0.3) is 0 Å². The van der Waals surface area contributed by atoms with Gasteiger partial charge < -0.3 is 11.1 Å². The molecule has 0 saturated carbocycles. The number of hydrogen-bond donors (Lipinski definition) is 2. The van der Waals surface area contributed by atoms with Crippen LogP contribution in [0.4, 0.5) is 11.4 Å². The zero-order valence-corrected chi connectivity index (χ0v) is 10.1. The predicted molar refractivity (Wildman–Crippen MR) is 71.9 cm³/mol. The number of aromatic nitrogens is 1. The normalized spacial score (nSPS) is 9.78. The molecule has 0 saturated heterocycles. The Morgan fingerprint density at radius 2 is 2.22 bits per heavy atom. The number of aryl methyl sites for hydroxylation is 1. The van der Waals surface area contributed by atoms with Crippen LogP contribution in [0.1, 0.15) is 16.7 Å². The molecule has 0 radical (unpaired) electrons. The average Bonchev–Trinajstić information content (AvgIpc) is 2.39. The first-order valence-corrected chi connectivity index (χ1v) is 5.63. The minimum atomic E-state index is 0.489. The van der Waals surface area contributed by atoms with Crippen LogP contribution < -0.4 is 11.1 Å². The Bertz CT molecular complexity index is 599. The van der Waals surface area contributed by atoms with Crippen molar-refractivity contribution in [2.24, 2.45) is 0 Å². The SMILES string of the molecule is Cc1ccncc1CNc1ccc(N)c(C#N)c1. The zero-order chi connectivity index (χ0) is 13.0. The molecule has 1 aromatic carbocycles. The number of benzene rings is 1. The highest BCUT2D eigenvalue weighted by Crippen LogP contribution is 2.18. The van der Waals surface area contributed by atoms with Gasteiger partial charge in [0.25, 0.3) is 0 Å². The van der Waals surface area contributed by atoms with Crippen LogP contribution in [-0.4, -0.2) is 4.98 Å². The van der Waals surface area contributed by atoms with Gasteiger partial charge in [-0.15, -0.1) is 0 Å². The molecule has 0 atom stereocenters. The number of pyridine rings is 1. The van der Waals surface area contributed by atoms with E-state index < -0.39 is 0 Å². The molecule has 4 nitrogen and oxygen atoms in total. The van der Waals surface area contributed by atoms with Gasteiger partial charge >= 0.3 is 0 Å². The van der Waals surface area contributed by atoms with Crippen LogP contribution in [0, 0.1) is 18.3 Å². The third kappa shape index (κ3) is 2.58. The Morgan fingerprint density at radius 1 is 1.39 bits per heavy atom. The molecule has 4 heteroatoms. The first-order chi connectivity index (χ1) is 8.70. The van der Waals surface area contributed by atoms with Crippen LogP contribution in [-0.2, 0) is 6.54 Å². The summed E-state index contributed by atoms with van der Waals surface area (Å²) in [6, 6.07) is 9.39. The number of anilines is 2. The summed E-state index contributed by atoms with van der Waals surface area (Å²) >= 11 is 0. The fourth-order valence-corrected chi connectivity index (χ4v) is 1.64. The summed E-state index contributed by atoms with van der Waals surface area (Å²) in [5.74, 6) is 0. The lowest BCUT2D eigenvalue weighted by Crippen LogP contribution is -2.02. The monoisotopic (exact) mass is 238 g/mol. The molecule has 0 bridgehead atoms. The van der Waals surface area contributed by atoms with Crippen LogP contribution in [0.3, 0.4) is 0 Å². The fourth-order valence-electron chi connectivity index (χ4n) is 1.64.